The minimum atomic E-state index is -0.210. The lowest BCUT2D eigenvalue weighted by Gasteiger charge is -2.37. The number of piperidine rings is 1. The number of carbonyl (C=O) groups is 2. The second-order valence-corrected chi connectivity index (χ2v) is 7.84. The first kappa shape index (κ1) is 19.3. The summed E-state index contributed by atoms with van der Waals surface area (Å²) < 4.78 is 6.30. The molecule has 2 heterocycles. The summed E-state index contributed by atoms with van der Waals surface area (Å²) in [6.45, 7) is 6.15. The van der Waals surface area contributed by atoms with Gasteiger partial charge in [0.2, 0.25) is 11.8 Å². The van der Waals surface area contributed by atoms with Gasteiger partial charge < -0.3 is 15.0 Å². The highest BCUT2D eigenvalue weighted by molar-refractivity contribution is 9.10. The van der Waals surface area contributed by atoms with Crippen LogP contribution in [0.4, 0.5) is 5.69 Å². The van der Waals surface area contributed by atoms with Gasteiger partial charge in [0.05, 0.1) is 19.3 Å². The number of hydrogen-bond acceptors (Lipinski definition) is 4. The highest BCUT2D eigenvalue weighted by atomic mass is 79.9. The van der Waals surface area contributed by atoms with Crippen LogP contribution in [0, 0.1) is 5.92 Å². The van der Waals surface area contributed by atoms with Crippen LogP contribution in [0.2, 0.25) is 0 Å². The van der Waals surface area contributed by atoms with Crippen molar-refractivity contribution >= 4 is 33.4 Å². The first-order valence-corrected chi connectivity index (χ1v) is 10.0. The zero-order valence-corrected chi connectivity index (χ0v) is 16.7. The minimum Gasteiger partial charge on any atom is -0.378 e. The zero-order chi connectivity index (χ0) is 18.5. The molecule has 1 aromatic carbocycles. The van der Waals surface area contributed by atoms with Crippen molar-refractivity contribution in [3.63, 3.8) is 0 Å². The lowest BCUT2D eigenvalue weighted by molar-refractivity contribution is -0.141. The van der Waals surface area contributed by atoms with Crippen molar-refractivity contribution < 1.29 is 14.3 Å². The molecule has 26 heavy (non-hydrogen) atoms. The van der Waals surface area contributed by atoms with E-state index >= 15 is 0 Å². The minimum absolute atomic E-state index is 0.00900. The normalized spacial score (nSPS) is 20.6. The van der Waals surface area contributed by atoms with Crippen LogP contribution < -0.4 is 5.32 Å². The number of halogens is 1. The summed E-state index contributed by atoms with van der Waals surface area (Å²) in [5.41, 5.74) is 0.794. The quantitative estimate of drug-likeness (QED) is 0.806. The summed E-state index contributed by atoms with van der Waals surface area (Å²) in [4.78, 5) is 29.2. The van der Waals surface area contributed by atoms with Gasteiger partial charge in [0.15, 0.2) is 0 Å². The number of anilines is 1. The molecule has 1 N–H and O–H groups in total. The maximum atomic E-state index is 12.6. The average Bonchev–Trinajstić information content (AvgIpc) is 2.69. The second-order valence-electron chi connectivity index (χ2n) is 6.92. The number of amides is 2. The van der Waals surface area contributed by atoms with E-state index in [4.69, 9.17) is 4.74 Å². The van der Waals surface area contributed by atoms with Crippen LogP contribution >= 0.6 is 15.9 Å². The zero-order valence-electron chi connectivity index (χ0n) is 15.1. The Kier molecular flexibility index (Phi) is 6.67. The van der Waals surface area contributed by atoms with Crippen LogP contribution in [0.3, 0.4) is 0 Å². The van der Waals surface area contributed by atoms with Crippen LogP contribution in [-0.4, -0.2) is 67.0 Å². The van der Waals surface area contributed by atoms with Crippen molar-refractivity contribution in [1.29, 1.82) is 0 Å². The molecule has 0 aromatic heterocycles. The van der Waals surface area contributed by atoms with Crippen molar-refractivity contribution in [2.24, 2.45) is 5.92 Å². The number of hydrogen-bond donors (Lipinski definition) is 1. The Balaban J connectivity index is 1.48. The molecule has 6 nitrogen and oxygen atoms in total. The molecule has 2 fully saturated rings. The number of carbonyl (C=O) groups excluding carboxylic acids is 2. The third kappa shape index (κ3) is 4.84. The van der Waals surface area contributed by atoms with Gasteiger partial charge in [-0.15, -0.1) is 0 Å². The van der Waals surface area contributed by atoms with E-state index in [0.29, 0.717) is 26.3 Å². The molecule has 0 bridgehead atoms. The number of likely N-dealkylation sites (tertiary alicyclic amines) is 1. The lowest BCUT2D eigenvalue weighted by Crippen LogP contribution is -2.50. The Bertz CT molecular complexity index is 623. The van der Waals surface area contributed by atoms with E-state index in [1.165, 1.54) is 0 Å². The Morgan fingerprint density at radius 1 is 1.12 bits per heavy atom. The largest absolute Gasteiger partial charge is 0.378 e. The molecule has 2 amide bonds. The van der Waals surface area contributed by atoms with E-state index in [1.54, 1.807) is 0 Å². The molecule has 1 aromatic rings. The van der Waals surface area contributed by atoms with Gasteiger partial charge in [0.25, 0.3) is 0 Å². The predicted octanol–water partition coefficient (Wildman–Crippen LogP) is 2.35. The maximum absolute atomic E-state index is 12.6. The molecule has 0 unspecified atom stereocenters. The standard InChI is InChI=1S/C19H26BrN3O3/c1-14(18(24)21-17-4-2-16(20)3-5-17)22-8-6-15(7-9-22)19(25)23-10-12-26-13-11-23/h2-5,14-15H,6-13H2,1H3,(H,21,24)/t14-/m0/s1. The van der Waals surface area contributed by atoms with Gasteiger partial charge in [0, 0.05) is 29.2 Å². The van der Waals surface area contributed by atoms with Gasteiger partial charge in [-0.1, -0.05) is 15.9 Å². The van der Waals surface area contributed by atoms with Gasteiger partial charge in [-0.05, 0) is 57.1 Å². The molecule has 2 aliphatic heterocycles. The Morgan fingerprint density at radius 3 is 2.35 bits per heavy atom. The fourth-order valence-electron chi connectivity index (χ4n) is 3.52. The molecule has 2 saturated heterocycles. The molecule has 0 aliphatic carbocycles. The van der Waals surface area contributed by atoms with Gasteiger partial charge in [-0.25, -0.2) is 0 Å². The van der Waals surface area contributed by atoms with E-state index < -0.39 is 0 Å². The topological polar surface area (TPSA) is 61.9 Å². The van der Waals surface area contributed by atoms with Gasteiger partial charge >= 0.3 is 0 Å². The molecule has 0 saturated carbocycles. The third-order valence-corrected chi connectivity index (χ3v) is 5.77. The Hall–Kier alpha value is -1.44. The van der Waals surface area contributed by atoms with Crippen molar-refractivity contribution in [3.05, 3.63) is 28.7 Å². The lowest BCUT2D eigenvalue weighted by atomic mass is 9.94. The van der Waals surface area contributed by atoms with Crippen LogP contribution in [0.25, 0.3) is 0 Å². The number of nitrogens with zero attached hydrogens (tertiary/aromatic N) is 2. The molecule has 142 valence electrons. The van der Waals surface area contributed by atoms with Crippen LogP contribution in [-0.2, 0) is 14.3 Å². The fourth-order valence-corrected chi connectivity index (χ4v) is 3.79. The summed E-state index contributed by atoms with van der Waals surface area (Å²) >= 11 is 3.39. The van der Waals surface area contributed by atoms with E-state index in [2.05, 4.69) is 26.1 Å². The first-order chi connectivity index (χ1) is 12.5. The second kappa shape index (κ2) is 8.97. The van der Waals surface area contributed by atoms with Crippen molar-refractivity contribution in [3.8, 4) is 0 Å². The molecule has 7 heteroatoms. The maximum Gasteiger partial charge on any atom is 0.241 e. The summed E-state index contributed by atoms with van der Waals surface area (Å²) in [6.07, 6.45) is 1.62. The predicted molar refractivity (Wildman–Crippen MR) is 104 cm³/mol. The number of ether oxygens (including phenoxy) is 1. The van der Waals surface area contributed by atoms with E-state index in [0.717, 1.165) is 36.1 Å². The highest BCUT2D eigenvalue weighted by Crippen LogP contribution is 2.22. The summed E-state index contributed by atoms with van der Waals surface area (Å²) in [5.74, 6) is 0.316. The Labute approximate surface area is 163 Å². The number of nitrogens with one attached hydrogen (secondary N) is 1. The number of rotatable bonds is 4. The van der Waals surface area contributed by atoms with E-state index in [1.807, 2.05) is 36.1 Å². The molecule has 1 atom stereocenters. The molecule has 3 rings (SSSR count). The van der Waals surface area contributed by atoms with Gasteiger partial charge in [-0.2, -0.15) is 0 Å². The molecular weight excluding hydrogens is 398 g/mol. The van der Waals surface area contributed by atoms with Crippen molar-refractivity contribution in [1.82, 2.24) is 9.80 Å². The third-order valence-electron chi connectivity index (χ3n) is 5.24. The van der Waals surface area contributed by atoms with Gasteiger partial charge in [0.1, 0.15) is 0 Å². The van der Waals surface area contributed by atoms with Crippen LogP contribution in [0.15, 0.2) is 28.7 Å². The van der Waals surface area contributed by atoms with E-state index in [-0.39, 0.29) is 23.8 Å². The summed E-state index contributed by atoms with van der Waals surface area (Å²) in [5, 5.41) is 2.96. The average molecular weight is 424 g/mol. The monoisotopic (exact) mass is 423 g/mol. The summed E-state index contributed by atoms with van der Waals surface area (Å²) in [6, 6.07) is 7.36. The molecule has 2 aliphatic rings. The smallest absolute Gasteiger partial charge is 0.241 e. The SMILES string of the molecule is C[C@@H](C(=O)Nc1ccc(Br)cc1)N1CCC(C(=O)N2CCOCC2)CC1. The molecular formula is C19H26BrN3O3. The van der Waals surface area contributed by atoms with Crippen LogP contribution in [0.1, 0.15) is 19.8 Å². The highest BCUT2D eigenvalue weighted by Gasteiger charge is 2.32. The number of morpholine rings is 1. The number of benzene rings is 1. The molecule has 0 radical (unpaired) electrons. The van der Waals surface area contributed by atoms with E-state index in [9.17, 15) is 9.59 Å². The first-order valence-electron chi connectivity index (χ1n) is 9.21. The van der Waals surface area contributed by atoms with Gasteiger partial charge in [-0.3, -0.25) is 14.5 Å². The fraction of sp³-hybridized carbons (Fsp3) is 0.579. The Morgan fingerprint density at radius 2 is 1.73 bits per heavy atom. The van der Waals surface area contributed by atoms with Crippen molar-refractivity contribution in [2.45, 2.75) is 25.8 Å². The molecule has 0 spiro atoms. The van der Waals surface area contributed by atoms with Crippen molar-refractivity contribution in [2.75, 3.05) is 44.7 Å². The summed E-state index contributed by atoms with van der Waals surface area (Å²) in [7, 11) is 0. The van der Waals surface area contributed by atoms with Crippen LogP contribution in [0.5, 0.6) is 0 Å².